The largest absolute Gasteiger partial charge is 0.398 e. The van der Waals surface area contributed by atoms with E-state index in [2.05, 4.69) is 10.6 Å². The van der Waals surface area contributed by atoms with Gasteiger partial charge in [-0.25, -0.2) is 17.5 Å². The second-order valence-electron chi connectivity index (χ2n) is 4.27. The summed E-state index contributed by atoms with van der Waals surface area (Å²) in [4.78, 5) is -0.453. The fraction of sp³-hybridized carbons (Fsp3) is 0.385. The molecule has 0 aliphatic carbocycles. The molecule has 3 N–H and O–H groups in total. The summed E-state index contributed by atoms with van der Waals surface area (Å²) in [5.74, 6) is 1.56. The molecule has 1 atom stereocenters. The first-order valence-electron chi connectivity index (χ1n) is 5.83. The van der Waals surface area contributed by atoms with E-state index < -0.39 is 26.8 Å². The number of aryl methyl sites for hydroxylation is 1. The van der Waals surface area contributed by atoms with Crippen LogP contribution >= 0.6 is 0 Å². The highest BCUT2D eigenvalue weighted by Crippen LogP contribution is 2.21. The molecule has 0 spiro atoms. The van der Waals surface area contributed by atoms with Crippen LogP contribution in [0.3, 0.4) is 0 Å². The first-order valence-corrected chi connectivity index (χ1v) is 7.31. The van der Waals surface area contributed by atoms with Crippen LogP contribution in [0.2, 0.25) is 0 Å². The number of nitrogens with two attached hydrogens (primary N) is 1. The maximum absolute atomic E-state index is 13.8. The molecule has 0 aliphatic heterocycles. The van der Waals surface area contributed by atoms with Crippen molar-refractivity contribution in [2.24, 2.45) is 0 Å². The Morgan fingerprint density at radius 3 is 2.68 bits per heavy atom. The maximum Gasteiger partial charge on any atom is 0.243 e. The van der Waals surface area contributed by atoms with Gasteiger partial charge in [0.05, 0.1) is 0 Å². The van der Waals surface area contributed by atoms with Crippen LogP contribution in [0.4, 0.5) is 10.1 Å². The van der Waals surface area contributed by atoms with Crippen LogP contribution in [-0.4, -0.2) is 14.5 Å². The number of sulfonamides is 1. The smallest absolute Gasteiger partial charge is 0.243 e. The second-order valence-corrected chi connectivity index (χ2v) is 5.96. The van der Waals surface area contributed by atoms with Gasteiger partial charge in [-0.15, -0.1) is 12.3 Å². The van der Waals surface area contributed by atoms with Gasteiger partial charge in [-0.3, -0.25) is 0 Å². The molecule has 4 nitrogen and oxygen atoms in total. The first kappa shape index (κ1) is 15.5. The van der Waals surface area contributed by atoms with Gasteiger partial charge in [-0.2, -0.15) is 0 Å². The molecule has 0 aromatic heterocycles. The fourth-order valence-corrected chi connectivity index (χ4v) is 2.98. The molecule has 1 rings (SSSR count). The quantitative estimate of drug-likeness (QED) is 0.639. The van der Waals surface area contributed by atoms with E-state index >= 15 is 0 Å². The SMILES string of the molecule is C#CCC(CC)NS(=O)(=O)c1cc(N)c(C)cc1F. The van der Waals surface area contributed by atoms with E-state index in [0.29, 0.717) is 12.0 Å². The van der Waals surface area contributed by atoms with Gasteiger partial charge in [-0.1, -0.05) is 6.92 Å². The Morgan fingerprint density at radius 2 is 2.16 bits per heavy atom. The van der Waals surface area contributed by atoms with Crippen LogP contribution in [0.15, 0.2) is 17.0 Å². The standard InChI is InChI=1S/C13H17FN2O2S/c1-4-6-10(5-2)16-19(17,18)13-8-12(15)9(3)7-11(13)14/h1,7-8,10,16H,5-6,15H2,2-3H3. The molecule has 104 valence electrons. The molecule has 1 unspecified atom stereocenters. The second kappa shape index (κ2) is 6.04. The predicted molar refractivity (Wildman–Crippen MR) is 73.4 cm³/mol. The summed E-state index contributed by atoms with van der Waals surface area (Å²) < 4.78 is 40.3. The van der Waals surface area contributed by atoms with Gasteiger partial charge in [0.1, 0.15) is 10.7 Å². The monoisotopic (exact) mass is 284 g/mol. The summed E-state index contributed by atoms with van der Waals surface area (Å²) >= 11 is 0. The Hall–Kier alpha value is -1.58. The molecule has 1 aromatic carbocycles. The lowest BCUT2D eigenvalue weighted by Crippen LogP contribution is -2.34. The Labute approximate surface area is 113 Å². The van der Waals surface area contributed by atoms with Crippen LogP contribution in [0, 0.1) is 25.1 Å². The average molecular weight is 284 g/mol. The number of hydrogen-bond acceptors (Lipinski definition) is 3. The summed E-state index contributed by atoms with van der Waals surface area (Å²) in [6.45, 7) is 3.40. The van der Waals surface area contributed by atoms with E-state index in [1.165, 1.54) is 0 Å². The highest BCUT2D eigenvalue weighted by molar-refractivity contribution is 7.89. The summed E-state index contributed by atoms with van der Waals surface area (Å²) in [7, 11) is -3.96. The molecule has 19 heavy (non-hydrogen) atoms. The molecule has 6 heteroatoms. The van der Waals surface area contributed by atoms with Crippen LogP contribution in [0.25, 0.3) is 0 Å². The number of nitrogen functional groups attached to an aromatic ring is 1. The van der Waals surface area contributed by atoms with E-state index in [9.17, 15) is 12.8 Å². The fourth-order valence-electron chi connectivity index (χ4n) is 1.57. The van der Waals surface area contributed by atoms with Crippen molar-refractivity contribution in [1.29, 1.82) is 0 Å². The molecule has 1 aromatic rings. The molecule has 0 heterocycles. The number of terminal acetylenes is 1. The molecule has 0 saturated carbocycles. The van der Waals surface area contributed by atoms with E-state index in [-0.39, 0.29) is 12.1 Å². The van der Waals surface area contributed by atoms with Crippen molar-refractivity contribution in [2.75, 3.05) is 5.73 Å². The lowest BCUT2D eigenvalue weighted by atomic mass is 10.2. The van der Waals surface area contributed by atoms with E-state index in [0.717, 1.165) is 12.1 Å². The molecule has 0 saturated heterocycles. The Bertz CT molecular complexity index is 606. The minimum Gasteiger partial charge on any atom is -0.398 e. The zero-order chi connectivity index (χ0) is 14.6. The predicted octanol–water partition coefficient (Wildman–Crippen LogP) is 1.80. The van der Waals surface area contributed by atoms with E-state index in [1.54, 1.807) is 13.8 Å². The zero-order valence-corrected chi connectivity index (χ0v) is 11.7. The van der Waals surface area contributed by atoms with Gasteiger partial charge in [-0.05, 0) is 31.0 Å². The highest BCUT2D eigenvalue weighted by Gasteiger charge is 2.23. The number of rotatable bonds is 5. The number of halogens is 1. The molecule has 0 bridgehead atoms. The molecule has 0 aliphatic rings. The number of benzene rings is 1. The third kappa shape index (κ3) is 3.69. The zero-order valence-electron chi connectivity index (χ0n) is 10.9. The summed E-state index contributed by atoms with van der Waals surface area (Å²) in [5, 5.41) is 0. The van der Waals surface area contributed by atoms with Gasteiger partial charge >= 0.3 is 0 Å². The number of anilines is 1. The van der Waals surface area contributed by atoms with Crippen molar-refractivity contribution in [3.63, 3.8) is 0 Å². The van der Waals surface area contributed by atoms with E-state index in [1.807, 2.05) is 0 Å². The Kier molecular flexibility index (Phi) is 4.92. The van der Waals surface area contributed by atoms with Crippen LogP contribution in [-0.2, 0) is 10.0 Å². The number of nitrogens with one attached hydrogen (secondary N) is 1. The molecule has 0 amide bonds. The van der Waals surface area contributed by atoms with Crippen molar-refractivity contribution in [2.45, 2.75) is 37.6 Å². The normalized spacial score (nSPS) is 12.9. The highest BCUT2D eigenvalue weighted by atomic mass is 32.2. The molecular weight excluding hydrogens is 267 g/mol. The summed E-state index contributed by atoms with van der Waals surface area (Å²) in [5.41, 5.74) is 6.34. The molecular formula is C13H17FN2O2S. The molecule has 0 radical (unpaired) electrons. The van der Waals surface area contributed by atoms with Gasteiger partial charge in [0.15, 0.2) is 0 Å². The van der Waals surface area contributed by atoms with Gasteiger partial charge in [0.2, 0.25) is 10.0 Å². The van der Waals surface area contributed by atoms with Gasteiger partial charge in [0.25, 0.3) is 0 Å². The van der Waals surface area contributed by atoms with Crippen LogP contribution in [0.5, 0.6) is 0 Å². The van der Waals surface area contributed by atoms with Crippen molar-refractivity contribution >= 4 is 15.7 Å². The van der Waals surface area contributed by atoms with Crippen molar-refractivity contribution in [1.82, 2.24) is 4.72 Å². The third-order valence-corrected chi connectivity index (χ3v) is 4.32. The Morgan fingerprint density at radius 1 is 1.53 bits per heavy atom. The van der Waals surface area contributed by atoms with E-state index in [4.69, 9.17) is 12.2 Å². The number of hydrogen-bond donors (Lipinski definition) is 2. The topological polar surface area (TPSA) is 72.2 Å². The van der Waals surface area contributed by atoms with Gasteiger partial charge in [0, 0.05) is 18.2 Å². The molecule has 0 fully saturated rings. The Balaban J connectivity index is 3.14. The lowest BCUT2D eigenvalue weighted by Gasteiger charge is -2.15. The average Bonchev–Trinajstić information content (AvgIpc) is 2.32. The van der Waals surface area contributed by atoms with Crippen LogP contribution < -0.4 is 10.5 Å². The van der Waals surface area contributed by atoms with Crippen molar-refractivity contribution < 1.29 is 12.8 Å². The van der Waals surface area contributed by atoms with Crippen molar-refractivity contribution in [3.05, 3.63) is 23.5 Å². The lowest BCUT2D eigenvalue weighted by molar-refractivity contribution is 0.531. The first-order chi connectivity index (χ1) is 8.81. The minimum absolute atomic E-state index is 0.228. The summed E-state index contributed by atoms with van der Waals surface area (Å²) in [6, 6.07) is 1.80. The third-order valence-electron chi connectivity index (χ3n) is 2.79. The van der Waals surface area contributed by atoms with Gasteiger partial charge < -0.3 is 5.73 Å². The summed E-state index contributed by atoms with van der Waals surface area (Å²) in [6.07, 6.45) is 5.93. The van der Waals surface area contributed by atoms with Crippen LogP contribution in [0.1, 0.15) is 25.3 Å². The maximum atomic E-state index is 13.8. The minimum atomic E-state index is -3.96. The van der Waals surface area contributed by atoms with Crippen molar-refractivity contribution in [3.8, 4) is 12.3 Å².